The van der Waals surface area contributed by atoms with E-state index in [9.17, 15) is 4.79 Å². The number of aliphatic hydroxyl groups excluding tert-OH is 1. The van der Waals surface area contributed by atoms with Crippen LogP contribution in [-0.2, 0) is 17.9 Å². The lowest BCUT2D eigenvalue weighted by Crippen LogP contribution is -2.33. The van der Waals surface area contributed by atoms with Gasteiger partial charge in [-0.05, 0) is 13.0 Å². The van der Waals surface area contributed by atoms with Crippen molar-refractivity contribution in [1.82, 2.24) is 19.6 Å². The van der Waals surface area contributed by atoms with Crippen LogP contribution in [0.25, 0.3) is 0 Å². The van der Waals surface area contributed by atoms with Gasteiger partial charge in [-0.3, -0.25) is 19.3 Å². The van der Waals surface area contributed by atoms with Crippen LogP contribution >= 0.6 is 0 Å². The van der Waals surface area contributed by atoms with Crippen LogP contribution in [0.4, 0.5) is 0 Å². The Bertz CT molecular complexity index is 435. The number of nitrogens with zero attached hydrogens (tertiary/aromatic N) is 4. The first-order chi connectivity index (χ1) is 9.67. The fourth-order valence-electron chi connectivity index (χ4n) is 2.50. The molecule has 0 bridgehead atoms. The van der Waals surface area contributed by atoms with Crippen molar-refractivity contribution in [1.29, 1.82) is 0 Å². The van der Waals surface area contributed by atoms with Crippen LogP contribution in [0, 0.1) is 0 Å². The maximum atomic E-state index is 10.7. The number of aliphatic hydroxyl groups is 1. The number of carboxylic acids is 1. The molecule has 1 saturated heterocycles. The topological polar surface area (TPSA) is 81.8 Å². The van der Waals surface area contributed by atoms with Gasteiger partial charge in [-0.1, -0.05) is 0 Å². The SMILES string of the molecule is O=C(O)CN1CCCN(Cc2cnn(CCO)c2)CC1. The molecule has 2 N–H and O–H groups in total. The second-order valence-corrected chi connectivity index (χ2v) is 5.13. The normalized spacial score (nSPS) is 18.1. The third kappa shape index (κ3) is 4.59. The number of carboxylic acid groups (broad SMARTS) is 1. The molecule has 2 heterocycles. The van der Waals surface area contributed by atoms with Gasteiger partial charge in [0.1, 0.15) is 0 Å². The molecule has 0 amide bonds. The van der Waals surface area contributed by atoms with E-state index in [1.807, 2.05) is 17.3 Å². The van der Waals surface area contributed by atoms with E-state index < -0.39 is 5.97 Å². The minimum absolute atomic E-state index is 0.0922. The van der Waals surface area contributed by atoms with Gasteiger partial charge in [-0.25, -0.2) is 0 Å². The molecule has 0 radical (unpaired) electrons. The second-order valence-electron chi connectivity index (χ2n) is 5.13. The summed E-state index contributed by atoms with van der Waals surface area (Å²) in [6, 6.07) is 0. The molecule has 1 fully saturated rings. The van der Waals surface area contributed by atoms with E-state index >= 15 is 0 Å². The van der Waals surface area contributed by atoms with Crippen molar-refractivity contribution in [3.05, 3.63) is 18.0 Å². The van der Waals surface area contributed by atoms with Gasteiger partial charge in [0.25, 0.3) is 0 Å². The van der Waals surface area contributed by atoms with Crippen molar-refractivity contribution in [2.45, 2.75) is 19.5 Å². The maximum absolute atomic E-state index is 10.7. The highest BCUT2D eigenvalue weighted by atomic mass is 16.4. The molecule has 112 valence electrons. The lowest BCUT2D eigenvalue weighted by Gasteiger charge is -2.20. The van der Waals surface area contributed by atoms with Crippen molar-refractivity contribution in [3.8, 4) is 0 Å². The van der Waals surface area contributed by atoms with Crippen LogP contribution in [-0.4, -0.2) is 75.1 Å². The van der Waals surface area contributed by atoms with E-state index in [0.29, 0.717) is 6.54 Å². The summed E-state index contributed by atoms with van der Waals surface area (Å²) in [6.07, 6.45) is 4.77. The Labute approximate surface area is 118 Å². The van der Waals surface area contributed by atoms with Crippen molar-refractivity contribution in [3.63, 3.8) is 0 Å². The minimum atomic E-state index is -0.760. The van der Waals surface area contributed by atoms with Gasteiger partial charge >= 0.3 is 5.97 Å². The number of aliphatic carboxylic acids is 1. The van der Waals surface area contributed by atoms with Crippen molar-refractivity contribution < 1.29 is 15.0 Å². The van der Waals surface area contributed by atoms with E-state index in [0.717, 1.165) is 44.7 Å². The Kier molecular flexibility index (Phi) is 5.51. The number of hydrogen-bond donors (Lipinski definition) is 2. The van der Waals surface area contributed by atoms with Crippen LogP contribution in [0.5, 0.6) is 0 Å². The average molecular weight is 282 g/mol. The fraction of sp³-hybridized carbons (Fsp3) is 0.692. The summed E-state index contributed by atoms with van der Waals surface area (Å²) >= 11 is 0. The Hall–Kier alpha value is -1.44. The van der Waals surface area contributed by atoms with E-state index in [-0.39, 0.29) is 13.2 Å². The molecular weight excluding hydrogens is 260 g/mol. The van der Waals surface area contributed by atoms with E-state index in [1.54, 1.807) is 4.68 Å². The lowest BCUT2D eigenvalue weighted by atomic mass is 10.3. The van der Waals surface area contributed by atoms with Crippen molar-refractivity contribution >= 4 is 5.97 Å². The number of aromatic nitrogens is 2. The molecule has 7 heteroatoms. The molecule has 1 aromatic rings. The Morgan fingerprint density at radius 3 is 2.75 bits per heavy atom. The average Bonchev–Trinajstić information content (AvgIpc) is 2.71. The highest BCUT2D eigenvalue weighted by Crippen LogP contribution is 2.08. The highest BCUT2D eigenvalue weighted by molar-refractivity contribution is 5.69. The second kappa shape index (κ2) is 7.37. The summed E-state index contributed by atoms with van der Waals surface area (Å²) in [5, 5.41) is 21.9. The third-order valence-corrected chi connectivity index (χ3v) is 3.46. The lowest BCUT2D eigenvalue weighted by molar-refractivity contribution is -0.138. The molecule has 0 aliphatic carbocycles. The number of rotatable bonds is 6. The van der Waals surface area contributed by atoms with Gasteiger partial charge in [-0.15, -0.1) is 0 Å². The molecular formula is C13H22N4O3. The molecule has 0 saturated carbocycles. The zero-order valence-electron chi connectivity index (χ0n) is 11.6. The van der Waals surface area contributed by atoms with Gasteiger partial charge in [-0.2, -0.15) is 5.10 Å². The summed E-state index contributed by atoms with van der Waals surface area (Å²) < 4.78 is 1.74. The quantitative estimate of drug-likeness (QED) is 0.730. The van der Waals surface area contributed by atoms with Gasteiger partial charge in [0.05, 0.1) is 25.9 Å². The minimum Gasteiger partial charge on any atom is -0.480 e. The smallest absolute Gasteiger partial charge is 0.317 e. The molecule has 2 rings (SSSR count). The zero-order chi connectivity index (χ0) is 14.4. The maximum Gasteiger partial charge on any atom is 0.317 e. The standard InChI is InChI=1S/C13H22N4O3/c18-7-6-17-10-12(8-14-17)9-15-2-1-3-16(5-4-15)11-13(19)20/h8,10,18H,1-7,9,11H2,(H,19,20). The van der Waals surface area contributed by atoms with Gasteiger partial charge in [0, 0.05) is 37.9 Å². The summed E-state index contributed by atoms with van der Waals surface area (Å²) in [5.74, 6) is -0.760. The number of carbonyl (C=O) groups is 1. The molecule has 1 aliphatic rings. The van der Waals surface area contributed by atoms with Crippen LogP contribution < -0.4 is 0 Å². The Balaban J connectivity index is 1.82. The van der Waals surface area contributed by atoms with Gasteiger partial charge in [0.2, 0.25) is 0 Å². The summed E-state index contributed by atoms with van der Waals surface area (Å²) in [6.45, 7) is 5.04. The molecule has 20 heavy (non-hydrogen) atoms. The first kappa shape index (κ1) is 15.0. The molecule has 0 atom stereocenters. The van der Waals surface area contributed by atoms with E-state index in [2.05, 4.69) is 10.00 Å². The molecule has 1 aliphatic heterocycles. The summed E-state index contributed by atoms with van der Waals surface area (Å²) in [4.78, 5) is 15.0. The van der Waals surface area contributed by atoms with Crippen molar-refractivity contribution in [2.24, 2.45) is 0 Å². The zero-order valence-corrected chi connectivity index (χ0v) is 11.6. The first-order valence-corrected chi connectivity index (χ1v) is 6.96. The number of hydrogen-bond acceptors (Lipinski definition) is 5. The summed E-state index contributed by atoms with van der Waals surface area (Å²) in [5.41, 5.74) is 1.13. The largest absolute Gasteiger partial charge is 0.480 e. The predicted molar refractivity (Wildman–Crippen MR) is 73.3 cm³/mol. The van der Waals surface area contributed by atoms with Crippen LogP contribution in [0.1, 0.15) is 12.0 Å². The van der Waals surface area contributed by atoms with E-state index in [4.69, 9.17) is 10.2 Å². The molecule has 0 unspecified atom stereocenters. The van der Waals surface area contributed by atoms with Gasteiger partial charge in [0.15, 0.2) is 0 Å². The van der Waals surface area contributed by atoms with Gasteiger partial charge < -0.3 is 10.2 Å². The molecule has 0 aromatic carbocycles. The monoisotopic (exact) mass is 282 g/mol. The Morgan fingerprint density at radius 1 is 1.25 bits per heavy atom. The molecule has 1 aromatic heterocycles. The fourth-order valence-corrected chi connectivity index (χ4v) is 2.50. The van der Waals surface area contributed by atoms with Crippen LogP contribution in [0.2, 0.25) is 0 Å². The highest BCUT2D eigenvalue weighted by Gasteiger charge is 2.17. The third-order valence-electron chi connectivity index (χ3n) is 3.46. The predicted octanol–water partition coefficient (Wildman–Crippen LogP) is -0.532. The van der Waals surface area contributed by atoms with Crippen LogP contribution in [0.3, 0.4) is 0 Å². The van der Waals surface area contributed by atoms with E-state index in [1.165, 1.54) is 0 Å². The molecule has 0 spiro atoms. The summed E-state index contributed by atoms with van der Waals surface area (Å²) in [7, 11) is 0. The van der Waals surface area contributed by atoms with Crippen LogP contribution in [0.15, 0.2) is 12.4 Å². The molecule has 7 nitrogen and oxygen atoms in total. The van der Waals surface area contributed by atoms with Crippen molar-refractivity contribution in [2.75, 3.05) is 39.3 Å². The first-order valence-electron chi connectivity index (χ1n) is 6.96. The Morgan fingerprint density at radius 2 is 2.00 bits per heavy atom.